The molecule has 4 nitrogen and oxygen atoms in total. The summed E-state index contributed by atoms with van der Waals surface area (Å²) in [6.07, 6.45) is -2.73. The molecule has 19 heavy (non-hydrogen) atoms. The second-order valence-corrected chi connectivity index (χ2v) is 4.74. The number of rotatable bonds is 5. The first kappa shape index (κ1) is 15.8. The van der Waals surface area contributed by atoms with Crippen LogP contribution in [0.1, 0.15) is 39.5 Å². The van der Waals surface area contributed by atoms with Gasteiger partial charge >= 0.3 is 6.18 Å². The zero-order valence-electron chi connectivity index (χ0n) is 11.1. The Labute approximate surface area is 110 Å². The summed E-state index contributed by atoms with van der Waals surface area (Å²) in [5.41, 5.74) is 0. The number of carbonyl (C=O) groups is 2. The van der Waals surface area contributed by atoms with Gasteiger partial charge in [-0.1, -0.05) is 26.7 Å². The Morgan fingerprint density at radius 2 is 1.74 bits per heavy atom. The average molecular weight is 280 g/mol. The molecule has 1 fully saturated rings. The normalized spacial score (nSPS) is 24.6. The van der Waals surface area contributed by atoms with Crippen LogP contribution >= 0.6 is 0 Å². The molecule has 1 rings (SSSR count). The number of nitrogens with zero attached hydrogens (tertiary/aromatic N) is 1. The Morgan fingerprint density at radius 1 is 1.16 bits per heavy atom. The number of hydrogen-bond acceptors (Lipinski definition) is 2. The van der Waals surface area contributed by atoms with Crippen LogP contribution in [0.25, 0.3) is 0 Å². The van der Waals surface area contributed by atoms with E-state index in [0.29, 0.717) is 24.2 Å². The fraction of sp³-hybridized carbons (Fsp3) is 0.833. The van der Waals surface area contributed by atoms with E-state index in [1.54, 1.807) is 6.92 Å². The van der Waals surface area contributed by atoms with Crippen LogP contribution in [-0.4, -0.2) is 41.5 Å². The van der Waals surface area contributed by atoms with E-state index in [9.17, 15) is 22.8 Å². The van der Waals surface area contributed by atoms with E-state index < -0.39 is 36.6 Å². The highest BCUT2D eigenvalue weighted by Gasteiger charge is 2.44. The number of hydrogen-bond donors (Lipinski definition) is 1. The Balaban J connectivity index is 2.92. The highest BCUT2D eigenvalue weighted by atomic mass is 19.4. The summed E-state index contributed by atoms with van der Waals surface area (Å²) >= 11 is 0. The lowest BCUT2D eigenvalue weighted by Crippen LogP contribution is -2.64. The number of alkyl halides is 3. The monoisotopic (exact) mass is 280 g/mol. The van der Waals surface area contributed by atoms with Crippen LogP contribution in [-0.2, 0) is 9.59 Å². The lowest BCUT2D eigenvalue weighted by molar-refractivity contribution is -0.174. The third-order valence-corrected chi connectivity index (χ3v) is 3.07. The standard InChI is InChI=1S/C12H19F3N2O2/c1-3-5-8-11(19)17(7-12(13,14)15)9(6-4-2)10(18)16-8/h8-9H,3-7H2,1-2H3,(H,16,18). The van der Waals surface area contributed by atoms with Crippen molar-refractivity contribution in [1.29, 1.82) is 0 Å². The van der Waals surface area contributed by atoms with Crippen molar-refractivity contribution in [2.24, 2.45) is 0 Å². The van der Waals surface area contributed by atoms with Gasteiger partial charge in [0, 0.05) is 0 Å². The molecule has 110 valence electrons. The van der Waals surface area contributed by atoms with Gasteiger partial charge in [0.25, 0.3) is 0 Å². The van der Waals surface area contributed by atoms with Gasteiger partial charge in [-0.3, -0.25) is 9.59 Å². The first-order valence-corrected chi connectivity index (χ1v) is 6.47. The third kappa shape index (κ3) is 4.11. The minimum atomic E-state index is -4.49. The van der Waals surface area contributed by atoms with Gasteiger partial charge in [0.05, 0.1) is 0 Å². The van der Waals surface area contributed by atoms with Crippen molar-refractivity contribution in [2.45, 2.75) is 57.8 Å². The topological polar surface area (TPSA) is 49.4 Å². The van der Waals surface area contributed by atoms with E-state index in [4.69, 9.17) is 0 Å². The Hall–Kier alpha value is -1.27. The molecule has 1 N–H and O–H groups in total. The quantitative estimate of drug-likeness (QED) is 0.835. The highest BCUT2D eigenvalue weighted by molar-refractivity contribution is 5.96. The molecule has 7 heteroatoms. The Kier molecular flexibility index (Phi) is 5.20. The van der Waals surface area contributed by atoms with Gasteiger partial charge in [-0.15, -0.1) is 0 Å². The molecule has 0 radical (unpaired) electrons. The molecule has 0 aromatic carbocycles. The lowest BCUT2D eigenvalue weighted by Gasteiger charge is -2.39. The summed E-state index contributed by atoms with van der Waals surface area (Å²) in [6, 6.07) is -1.83. The second-order valence-electron chi connectivity index (χ2n) is 4.74. The van der Waals surface area contributed by atoms with Gasteiger partial charge in [0.1, 0.15) is 18.6 Å². The molecule has 2 amide bonds. The molecule has 0 saturated carbocycles. The second kappa shape index (κ2) is 6.25. The summed E-state index contributed by atoms with van der Waals surface area (Å²) < 4.78 is 37.6. The molecule has 1 heterocycles. The van der Waals surface area contributed by atoms with Crippen molar-refractivity contribution in [1.82, 2.24) is 10.2 Å². The molecule has 1 aliphatic rings. The van der Waals surface area contributed by atoms with Gasteiger partial charge in [-0.25, -0.2) is 0 Å². The van der Waals surface area contributed by atoms with Crippen LogP contribution in [0.5, 0.6) is 0 Å². The van der Waals surface area contributed by atoms with E-state index in [-0.39, 0.29) is 6.42 Å². The molecular weight excluding hydrogens is 261 g/mol. The first-order chi connectivity index (χ1) is 8.80. The van der Waals surface area contributed by atoms with Crippen LogP contribution < -0.4 is 5.32 Å². The molecule has 2 atom stereocenters. The predicted molar refractivity (Wildman–Crippen MR) is 63.3 cm³/mol. The third-order valence-electron chi connectivity index (χ3n) is 3.07. The van der Waals surface area contributed by atoms with Gasteiger partial charge in [0.15, 0.2) is 0 Å². The molecule has 2 unspecified atom stereocenters. The maximum Gasteiger partial charge on any atom is 0.406 e. The van der Waals surface area contributed by atoms with Crippen LogP contribution in [0.15, 0.2) is 0 Å². The summed E-state index contributed by atoms with van der Waals surface area (Å²) in [6.45, 7) is 2.22. The zero-order chi connectivity index (χ0) is 14.6. The summed E-state index contributed by atoms with van der Waals surface area (Å²) in [5, 5.41) is 2.52. The molecule has 0 aromatic heterocycles. The van der Waals surface area contributed by atoms with E-state index in [0.717, 1.165) is 0 Å². The fourth-order valence-electron chi connectivity index (χ4n) is 2.25. The van der Waals surface area contributed by atoms with Crippen molar-refractivity contribution in [3.63, 3.8) is 0 Å². The van der Waals surface area contributed by atoms with Crippen molar-refractivity contribution >= 4 is 11.8 Å². The Morgan fingerprint density at radius 3 is 2.21 bits per heavy atom. The van der Waals surface area contributed by atoms with Crippen LogP contribution in [0, 0.1) is 0 Å². The summed E-state index contributed by atoms with van der Waals surface area (Å²) in [7, 11) is 0. The minimum Gasteiger partial charge on any atom is -0.343 e. The molecule has 1 saturated heterocycles. The van der Waals surface area contributed by atoms with E-state index >= 15 is 0 Å². The van der Waals surface area contributed by atoms with Crippen molar-refractivity contribution in [3.05, 3.63) is 0 Å². The maximum atomic E-state index is 12.5. The van der Waals surface area contributed by atoms with Gasteiger partial charge in [-0.05, 0) is 12.8 Å². The number of piperazine rings is 1. The number of carbonyl (C=O) groups excluding carboxylic acids is 2. The van der Waals surface area contributed by atoms with Crippen LogP contribution in [0.4, 0.5) is 13.2 Å². The molecule has 0 spiro atoms. The van der Waals surface area contributed by atoms with E-state index in [1.807, 2.05) is 6.92 Å². The number of amides is 2. The highest BCUT2D eigenvalue weighted by Crippen LogP contribution is 2.23. The first-order valence-electron chi connectivity index (χ1n) is 6.47. The molecule has 0 bridgehead atoms. The minimum absolute atomic E-state index is 0.243. The van der Waals surface area contributed by atoms with Gasteiger partial charge in [0.2, 0.25) is 11.8 Å². The SMILES string of the molecule is CCCC1NC(=O)C(CCC)N(CC(F)(F)F)C1=O. The molecule has 0 aliphatic carbocycles. The smallest absolute Gasteiger partial charge is 0.343 e. The summed E-state index contributed by atoms with van der Waals surface area (Å²) in [5.74, 6) is -1.11. The van der Waals surface area contributed by atoms with Gasteiger partial charge < -0.3 is 10.2 Å². The van der Waals surface area contributed by atoms with E-state index in [1.165, 1.54) is 0 Å². The lowest BCUT2D eigenvalue weighted by atomic mass is 10.0. The largest absolute Gasteiger partial charge is 0.406 e. The zero-order valence-corrected chi connectivity index (χ0v) is 11.1. The van der Waals surface area contributed by atoms with Crippen LogP contribution in [0.3, 0.4) is 0 Å². The molecular formula is C12H19F3N2O2. The number of halogens is 3. The van der Waals surface area contributed by atoms with Crippen molar-refractivity contribution < 1.29 is 22.8 Å². The number of nitrogens with one attached hydrogen (secondary N) is 1. The maximum absolute atomic E-state index is 12.5. The van der Waals surface area contributed by atoms with Crippen LogP contribution in [0.2, 0.25) is 0 Å². The average Bonchev–Trinajstić information content (AvgIpc) is 2.29. The van der Waals surface area contributed by atoms with Crippen molar-refractivity contribution in [2.75, 3.05) is 6.54 Å². The van der Waals surface area contributed by atoms with E-state index in [2.05, 4.69) is 5.32 Å². The predicted octanol–water partition coefficient (Wildman–Crippen LogP) is 1.84. The molecule has 0 aromatic rings. The fourth-order valence-corrected chi connectivity index (χ4v) is 2.25. The van der Waals surface area contributed by atoms with Crippen molar-refractivity contribution in [3.8, 4) is 0 Å². The van der Waals surface area contributed by atoms with Gasteiger partial charge in [-0.2, -0.15) is 13.2 Å². The molecule has 1 aliphatic heterocycles. The Bertz CT molecular complexity index is 344. The summed E-state index contributed by atoms with van der Waals surface area (Å²) in [4.78, 5) is 24.6.